The molecule has 26 heavy (non-hydrogen) atoms. The van der Waals surface area contributed by atoms with Gasteiger partial charge >= 0.3 is 0 Å². The number of nitrogens with one attached hydrogen (secondary N) is 1. The van der Waals surface area contributed by atoms with Gasteiger partial charge in [0.15, 0.2) is 0 Å². The molecule has 1 aromatic carbocycles. The molecule has 0 fully saturated rings. The smallest absolute Gasteiger partial charge is 0.272 e. The Balaban J connectivity index is 2.26. The van der Waals surface area contributed by atoms with Crippen LogP contribution in [0.4, 0.5) is 11.6 Å². The van der Waals surface area contributed by atoms with E-state index in [1.165, 1.54) is 5.56 Å². The summed E-state index contributed by atoms with van der Waals surface area (Å²) < 4.78 is 0. The van der Waals surface area contributed by atoms with Crippen LogP contribution in [-0.4, -0.2) is 33.9 Å². The van der Waals surface area contributed by atoms with Crippen molar-refractivity contribution in [1.82, 2.24) is 14.9 Å². The van der Waals surface area contributed by atoms with Crippen molar-refractivity contribution < 1.29 is 4.79 Å². The molecule has 1 amide bonds. The number of anilines is 2. The summed E-state index contributed by atoms with van der Waals surface area (Å²) in [6.07, 6.45) is 3.50. The first kappa shape index (κ1) is 19.9. The third kappa shape index (κ3) is 5.04. The lowest BCUT2D eigenvalue weighted by molar-refractivity contribution is 0.0749. The van der Waals surface area contributed by atoms with Crippen molar-refractivity contribution in [3.63, 3.8) is 0 Å². The first-order valence-corrected chi connectivity index (χ1v) is 9.35. The molecule has 0 spiro atoms. The van der Waals surface area contributed by atoms with Gasteiger partial charge < -0.3 is 10.2 Å². The van der Waals surface area contributed by atoms with E-state index in [0.29, 0.717) is 11.6 Å². The van der Waals surface area contributed by atoms with Crippen molar-refractivity contribution in [2.24, 2.45) is 0 Å². The Bertz CT molecular complexity index is 731. The molecular weight excluding hydrogens is 324 g/mol. The molecule has 0 aliphatic carbocycles. The lowest BCUT2D eigenvalue weighted by Crippen LogP contribution is -2.33. The second-order valence-corrected chi connectivity index (χ2v) is 7.48. The maximum atomic E-state index is 12.8. The van der Waals surface area contributed by atoms with Crippen LogP contribution in [0.5, 0.6) is 0 Å². The molecule has 2 rings (SSSR count). The Morgan fingerprint density at radius 3 is 2.35 bits per heavy atom. The molecule has 5 heteroatoms. The highest BCUT2D eigenvalue weighted by molar-refractivity contribution is 5.92. The van der Waals surface area contributed by atoms with Gasteiger partial charge in [-0.25, -0.2) is 9.97 Å². The summed E-state index contributed by atoms with van der Waals surface area (Å²) in [6.45, 7) is 12.1. The number of carbonyl (C=O) groups excluding carboxylic acids is 1. The van der Waals surface area contributed by atoms with Crippen molar-refractivity contribution in [3.8, 4) is 0 Å². The van der Waals surface area contributed by atoms with Gasteiger partial charge in [-0.2, -0.15) is 0 Å². The molecule has 0 saturated heterocycles. The monoisotopic (exact) mass is 354 g/mol. The molecule has 5 nitrogen and oxygen atoms in total. The average molecular weight is 354 g/mol. The zero-order valence-corrected chi connectivity index (χ0v) is 16.5. The summed E-state index contributed by atoms with van der Waals surface area (Å²) in [5.74, 6) is 0.406. The standard InChI is InChI=1S/C21H30N4O/c1-6-14-25(15-7-2)19(26)18-12-13-22-20(24-18)23-17-11-9-8-10-16(17)21(3,4)5/h8-13H,6-7,14-15H2,1-5H3,(H,22,23,24). The van der Waals surface area contributed by atoms with Crippen LogP contribution in [0.15, 0.2) is 36.5 Å². The van der Waals surface area contributed by atoms with Crippen LogP contribution >= 0.6 is 0 Å². The third-order valence-corrected chi connectivity index (χ3v) is 4.13. The first-order valence-electron chi connectivity index (χ1n) is 9.35. The van der Waals surface area contributed by atoms with E-state index in [0.717, 1.165) is 31.6 Å². The van der Waals surface area contributed by atoms with Gasteiger partial charge in [-0.05, 0) is 36.0 Å². The highest BCUT2D eigenvalue weighted by Gasteiger charge is 2.19. The van der Waals surface area contributed by atoms with Crippen molar-refractivity contribution in [1.29, 1.82) is 0 Å². The fourth-order valence-electron chi connectivity index (χ4n) is 2.92. The number of amides is 1. The molecule has 0 saturated carbocycles. The Kier molecular flexibility index (Phi) is 6.72. The van der Waals surface area contributed by atoms with E-state index < -0.39 is 0 Å². The Hall–Kier alpha value is -2.43. The van der Waals surface area contributed by atoms with Crippen LogP contribution in [0, 0.1) is 0 Å². The van der Waals surface area contributed by atoms with Gasteiger partial charge in [0.25, 0.3) is 5.91 Å². The van der Waals surface area contributed by atoms with E-state index >= 15 is 0 Å². The number of para-hydroxylation sites is 1. The van der Waals surface area contributed by atoms with Crippen molar-refractivity contribution in [3.05, 3.63) is 47.8 Å². The Labute approximate surface area is 156 Å². The summed E-state index contributed by atoms with van der Waals surface area (Å²) in [7, 11) is 0. The van der Waals surface area contributed by atoms with Crippen LogP contribution in [0.3, 0.4) is 0 Å². The van der Waals surface area contributed by atoms with Gasteiger partial charge in [0, 0.05) is 25.0 Å². The Morgan fingerprint density at radius 1 is 1.08 bits per heavy atom. The molecule has 1 N–H and O–H groups in total. The van der Waals surface area contributed by atoms with E-state index in [2.05, 4.69) is 56.0 Å². The molecule has 0 aliphatic heterocycles. The summed E-state index contributed by atoms with van der Waals surface area (Å²) in [5, 5.41) is 3.28. The maximum Gasteiger partial charge on any atom is 0.272 e. The van der Waals surface area contributed by atoms with Crippen LogP contribution in [0.25, 0.3) is 0 Å². The minimum atomic E-state index is -0.0387. The molecule has 1 aromatic heterocycles. The number of nitrogens with zero attached hydrogens (tertiary/aromatic N) is 3. The lowest BCUT2D eigenvalue weighted by Gasteiger charge is -2.23. The third-order valence-electron chi connectivity index (χ3n) is 4.13. The van der Waals surface area contributed by atoms with E-state index in [1.54, 1.807) is 12.3 Å². The maximum absolute atomic E-state index is 12.8. The second kappa shape index (κ2) is 8.79. The average Bonchev–Trinajstić information content (AvgIpc) is 2.61. The molecule has 0 unspecified atom stereocenters. The number of carbonyl (C=O) groups is 1. The van der Waals surface area contributed by atoms with E-state index in [1.807, 2.05) is 23.1 Å². The van der Waals surface area contributed by atoms with Crippen LogP contribution in [-0.2, 0) is 5.41 Å². The molecule has 0 aliphatic rings. The molecule has 2 aromatic rings. The molecule has 140 valence electrons. The molecule has 0 bridgehead atoms. The van der Waals surface area contributed by atoms with Crippen molar-refractivity contribution >= 4 is 17.5 Å². The van der Waals surface area contributed by atoms with E-state index in [-0.39, 0.29) is 11.3 Å². The topological polar surface area (TPSA) is 58.1 Å². The van der Waals surface area contributed by atoms with Crippen molar-refractivity contribution in [2.45, 2.75) is 52.9 Å². The van der Waals surface area contributed by atoms with Crippen molar-refractivity contribution in [2.75, 3.05) is 18.4 Å². The fourth-order valence-corrected chi connectivity index (χ4v) is 2.92. The molecule has 1 heterocycles. The molecule has 0 radical (unpaired) electrons. The van der Waals surface area contributed by atoms with Crippen LogP contribution in [0.2, 0.25) is 0 Å². The predicted octanol–water partition coefficient (Wildman–Crippen LogP) is 4.78. The summed E-state index contributed by atoms with van der Waals surface area (Å²) in [5.41, 5.74) is 2.57. The fraction of sp³-hybridized carbons (Fsp3) is 0.476. The number of hydrogen-bond acceptors (Lipinski definition) is 4. The predicted molar refractivity (Wildman–Crippen MR) is 107 cm³/mol. The zero-order chi connectivity index (χ0) is 19.2. The number of rotatable bonds is 7. The lowest BCUT2D eigenvalue weighted by atomic mass is 9.86. The minimum absolute atomic E-state index is 0.00389. The molecule has 0 atom stereocenters. The SMILES string of the molecule is CCCN(CCC)C(=O)c1ccnc(Nc2ccccc2C(C)(C)C)n1. The number of benzene rings is 1. The first-order chi connectivity index (χ1) is 12.4. The number of hydrogen-bond donors (Lipinski definition) is 1. The Morgan fingerprint density at radius 2 is 1.73 bits per heavy atom. The highest BCUT2D eigenvalue weighted by atomic mass is 16.2. The largest absolute Gasteiger partial charge is 0.337 e. The normalized spacial score (nSPS) is 11.3. The van der Waals surface area contributed by atoms with Gasteiger partial charge in [0.2, 0.25) is 5.95 Å². The van der Waals surface area contributed by atoms with E-state index in [9.17, 15) is 4.79 Å². The van der Waals surface area contributed by atoms with Gasteiger partial charge in [-0.1, -0.05) is 52.8 Å². The molecular formula is C21H30N4O. The quantitative estimate of drug-likeness (QED) is 0.777. The van der Waals surface area contributed by atoms with Gasteiger partial charge in [0.05, 0.1) is 0 Å². The zero-order valence-electron chi connectivity index (χ0n) is 16.5. The van der Waals surface area contributed by atoms with Gasteiger partial charge in [-0.15, -0.1) is 0 Å². The summed E-state index contributed by atoms with van der Waals surface area (Å²) >= 11 is 0. The summed E-state index contributed by atoms with van der Waals surface area (Å²) in [6, 6.07) is 9.80. The van der Waals surface area contributed by atoms with Gasteiger partial charge in [0.1, 0.15) is 5.69 Å². The van der Waals surface area contributed by atoms with Crippen LogP contribution in [0.1, 0.15) is 63.5 Å². The highest BCUT2D eigenvalue weighted by Crippen LogP contribution is 2.30. The van der Waals surface area contributed by atoms with Gasteiger partial charge in [-0.3, -0.25) is 4.79 Å². The van der Waals surface area contributed by atoms with Crippen LogP contribution < -0.4 is 5.32 Å². The van der Waals surface area contributed by atoms with E-state index in [4.69, 9.17) is 0 Å². The minimum Gasteiger partial charge on any atom is -0.337 e. The summed E-state index contributed by atoms with van der Waals surface area (Å²) in [4.78, 5) is 23.4. The second-order valence-electron chi connectivity index (χ2n) is 7.48. The number of aromatic nitrogens is 2.